The van der Waals surface area contributed by atoms with Crippen LogP contribution in [0.4, 0.5) is 4.79 Å². The molecule has 1 heterocycles. The summed E-state index contributed by atoms with van der Waals surface area (Å²) < 4.78 is 5.10. The molecule has 0 spiro atoms. The lowest BCUT2D eigenvalue weighted by Gasteiger charge is -2.14. The molecular formula is C20H25N3O4S. The number of ether oxygens (including phenoxy) is 1. The van der Waals surface area contributed by atoms with Crippen molar-refractivity contribution in [2.45, 2.75) is 52.7 Å². The highest BCUT2D eigenvalue weighted by atomic mass is 32.1. The Bertz CT molecular complexity index is 830. The summed E-state index contributed by atoms with van der Waals surface area (Å²) in [7, 11) is 0. The predicted molar refractivity (Wildman–Crippen MR) is 108 cm³/mol. The molecule has 0 aliphatic rings. The topological polar surface area (TPSA) is 97.4 Å². The second kappa shape index (κ2) is 9.98. The SMILES string of the molecule is CCc1ccc(-c2nc(CC(=O)O[C@H](C)C(=O)NC(=O)NC(C)C)cs2)cc1. The molecule has 150 valence electrons. The molecular weight excluding hydrogens is 378 g/mol. The van der Waals surface area contributed by atoms with E-state index in [1.807, 2.05) is 12.1 Å². The fourth-order valence-electron chi connectivity index (χ4n) is 2.36. The highest BCUT2D eigenvalue weighted by Crippen LogP contribution is 2.24. The van der Waals surface area contributed by atoms with E-state index >= 15 is 0 Å². The van der Waals surface area contributed by atoms with Crippen LogP contribution in [0.25, 0.3) is 10.6 Å². The summed E-state index contributed by atoms with van der Waals surface area (Å²) in [6.45, 7) is 7.05. The van der Waals surface area contributed by atoms with E-state index in [2.05, 4.69) is 34.7 Å². The Morgan fingerprint density at radius 1 is 1.14 bits per heavy atom. The first-order valence-corrected chi connectivity index (χ1v) is 10.0. The number of carbonyl (C=O) groups excluding carboxylic acids is 3. The summed E-state index contributed by atoms with van der Waals surface area (Å²) in [5.41, 5.74) is 2.82. The van der Waals surface area contributed by atoms with Crippen LogP contribution < -0.4 is 10.6 Å². The number of nitrogens with zero attached hydrogens (tertiary/aromatic N) is 1. The Balaban J connectivity index is 1.88. The first-order chi connectivity index (χ1) is 13.3. The van der Waals surface area contributed by atoms with Gasteiger partial charge in [0.2, 0.25) is 0 Å². The van der Waals surface area contributed by atoms with Crippen molar-refractivity contribution in [1.29, 1.82) is 0 Å². The van der Waals surface area contributed by atoms with Crippen LogP contribution in [0.15, 0.2) is 29.6 Å². The molecule has 0 aliphatic heterocycles. The number of benzene rings is 1. The molecule has 0 bridgehead atoms. The third-order valence-electron chi connectivity index (χ3n) is 3.82. The van der Waals surface area contributed by atoms with Crippen molar-refractivity contribution in [2.75, 3.05) is 0 Å². The van der Waals surface area contributed by atoms with Crippen molar-refractivity contribution < 1.29 is 19.1 Å². The first kappa shape index (κ1) is 21.6. The van der Waals surface area contributed by atoms with Gasteiger partial charge in [-0.05, 0) is 32.8 Å². The van der Waals surface area contributed by atoms with E-state index in [1.165, 1.54) is 23.8 Å². The number of carbonyl (C=O) groups is 3. The number of thiazole rings is 1. The van der Waals surface area contributed by atoms with Gasteiger partial charge in [0, 0.05) is 17.0 Å². The average molecular weight is 404 g/mol. The van der Waals surface area contributed by atoms with Crippen molar-refractivity contribution in [3.8, 4) is 10.6 Å². The first-order valence-electron chi connectivity index (χ1n) is 9.13. The van der Waals surface area contributed by atoms with Gasteiger partial charge in [-0.2, -0.15) is 0 Å². The van der Waals surface area contributed by atoms with Crippen LogP contribution in [-0.2, 0) is 27.2 Å². The maximum atomic E-state index is 12.1. The molecule has 7 nitrogen and oxygen atoms in total. The van der Waals surface area contributed by atoms with Crippen LogP contribution in [0, 0.1) is 0 Å². The van der Waals surface area contributed by atoms with Crippen LogP contribution in [0.5, 0.6) is 0 Å². The zero-order valence-corrected chi connectivity index (χ0v) is 17.3. The van der Waals surface area contributed by atoms with Gasteiger partial charge in [-0.3, -0.25) is 14.9 Å². The Morgan fingerprint density at radius 2 is 1.82 bits per heavy atom. The Hall–Kier alpha value is -2.74. The molecule has 0 radical (unpaired) electrons. The van der Waals surface area contributed by atoms with Gasteiger partial charge >= 0.3 is 12.0 Å². The van der Waals surface area contributed by atoms with Gasteiger partial charge in [0.15, 0.2) is 6.10 Å². The minimum absolute atomic E-state index is 0.0423. The Labute approximate surface area is 168 Å². The maximum Gasteiger partial charge on any atom is 0.321 e. The maximum absolute atomic E-state index is 12.1. The molecule has 2 N–H and O–H groups in total. The van der Waals surface area contributed by atoms with E-state index in [0.717, 1.165) is 17.0 Å². The zero-order chi connectivity index (χ0) is 20.7. The van der Waals surface area contributed by atoms with Crippen LogP contribution in [0.3, 0.4) is 0 Å². The smallest absolute Gasteiger partial charge is 0.321 e. The van der Waals surface area contributed by atoms with Crippen molar-refractivity contribution in [1.82, 2.24) is 15.6 Å². The van der Waals surface area contributed by atoms with Gasteiger partial charge in [-0.25, -0.2) is 9.78 Å². The number of hydrogen-bond donors (Lipinski definition) is 2. The lowest BCUT2D eigenvalue weighted by molar-refractivity contribution is -0.153. The molecule has 2 rings (SSSR count). The van der Waals surface area contributed by atoms with Crippen molar-refractivity contribution in [3.63, 3.8) is 0 Å². The van der Waals surface area contributed by atoms with E-state index in [1.54, 1.807) is 19.2 Å². The second-order valence-corrected chi connectivity index (χ2v) is 7.48. The van der Waals surface area contributed by atoms with Gasteiger partial charge in [0.25, 0.3) is 5.91 Å². The molecule has 0 saturated heterocycles. The summed E-state index contributed by atoms with van der Waals surface area (Å²) >= 11 is 1.45. The zero-order valence-electron chi connectivity index (χ0n) is 16.4. The lowest BCUT2D eigenvalue weighted by atomic mass is 10.1. The fraction of sp³-hybridized carbons (Fsp3) is 0.400. The van der Waals surface area contributed by atoms with E-state index in [-0.39, 0.29) is 12.5 Å². The number of urea groups is 1. The van der Waals surface area contributed by atoms with Crippen LogP contribution in [0.2, 0.25) is 0 Å². The predicted octanol–water partition coefficient (Wildman–Crippen LogP) is 3.08. The third-order valence-corrected chi connectivity index (χ3v) is 4.76. The van der Waals surface area contributed by atoms with Crippen LogP contribution >= 0.6 is 11.3 Å². The Morgan fingerprint density at radius 3 is 2.43 bits per heavy atom. The summed E-state index contributed by atoms with van der Waals surface area (Å²) in [4.78, 5) is 40.0. The molecule has 1 aromatic carbocycles. The number of imide groups is 1. The number of rotatable bonds is 7. The number of hydrogen-bond acceptors (Lipinski definition) is 6. The number of aryl methyl sites for hydroxylation is 1. The molecule has 1 atom stereocenters. The van der Waals surface area contributed by atoms with Gasteiger partial charge in [0.05, 0.1) is 12.1 Å². The normalized spacial score (nSPS) is 11.8. The number of esters is 1. The molecule has 1 aromatic heterocycles. The van der Waals surface area contributed by atoms with Crippen LogP contribution in [-0.4, -0.2) is 35.0 Å². The average Bonchev–Trinajstić information content (AvgIpc) is 3.09. The fourth-order valence-corrected chi connectivity index (χ4v) is 3.18. The highest BCUT2D eigenvalue weighted by Gasteiger charge is 2.21. The summed E-state index contributed by atoms with van der Waals surface area (Å²) in [5.74, 6) is -1.26. The summed E-state index contributed by atoms with van der Waals surface area (Å²) in [5, 5.41) is 7.28. The van der Waals surface area contributed by atoms with E-state index in [0.29, 0.717) is 5.69 Å². The number of aromatic nitrogens is 1. The van der Waals surface area contributed by atoms with Gasteiger partial charge in [0.1, 0.15) is 5.01 Å². The third kappa shape index (κ3) is 6.45. The minimum Gasteiger partial charge on any atom is -0.452 e. The minimum atomic E-state index is -1.08. The van der Waals surface area contributed by atoms with E-state index in [4.69, 9.17) is 4.74 Å². The van der Waals surface area contributed by atoms with Crippen molar-refractivity contribution in [3.05, 3.63) is 40.9 Å². The quantitative estimate of drug-likeness (QED) is 0.693. The van der Waals surface area contributed by atoms with E-state index in [9.17, 15) is 14.4 Å². The van der Waals surface area contributed by atoms with E-state index < -0.39 is 24.0 Å². The van der Waals surface area contributed by atoms with Crippen molar-refractivity contribution in [2.24, 2.45) is 0 Å². The van der Waals surface area contributed by atoms with Gasteiger partial charge in [-0.15, -0.1) is 11.3 Å². The Kier molecular flexibility index (Phi) is 7.69. The lowest BCUT2D eigenvalue weighted by Crippen LogP contribution is -2.46. The molecule has 0 fully saturated rings. The largest absolute Gasteiger partial charge is 0.452 e. The van der Waals surface area contributed by atoms with Crippen LogP contribution in [0.1, 0.15) is 39.0 Å². The highest BCUT2D eigenvalue weighted by molar-refractivity contribution is 7.13. The number of amides is 3. The van der Waals surface area contributed by atoms with Gasteiger partial charge < -0.3 is 10.1 Å². The molecule has 2 aromatic rings. The standard InChI is InChI=1S/C20H25N3O4S/c1-5-14-6-8-15(9-7-14)19-22-16(11-28-19)10-17(24)27-13(4)18(25)23-20(26)21-12(2)3/h6-9,11-13H,5,10H2,1-4H3,(H2,21,23,25,26)/t13-/m1/s1. The number of nitrogens with one attached hydrogen (secondary N) is 2. The molecule has 8 heteroatoms. The molecule has 0 aliphatic carbocycles. The summed E-state index contributed by atoms with van der Waals surface area (Å²) in [6.07, 6.45) is -0.149. The molecule has 28 heavy (non-hydrogen) atoms. The summed E-state index contributed by atoms with van der Waals surface area (Å²) in [6, 6.07) is 7.40. The van der Waals surface area contributed by atoms with Crippen molar-refractivity contribution >= 4 is 29.2 Å². The molecule has 3 amide bonds. The monoisotopic (exact) mass is 403 g/mol. The van der Waals surface area contributed by atoms with Gasteiger partial charge in [-0.1, -0.05) is 31.2 Å². The second-order valence-electron chi connectivity index (χ2n) is 6.62. The molecule has 0 saturated carbocycles. The molecule has 0 unspecified atom stereocenters.